The molecule has 1 aromatic carbocycles. The van der Waals surface area contributed by atoms with Crippen molar-refractivity contribution in [2.45, 2.75) is 31.7 Å². The van der Waals surface area contributed by atoms with Gasteiger partial charge in [-0.2, -0.15) is 0 Å². The highest BCUT2D eigenvalue weighted by atomic mass is 16.6. The average Bonchev–Trinajstić information content (AvgIpc) is 2.70. The van der Waals surface area contributed by atoms with Gasteiger partial charge in [-0.15, -0.1) is 0 Å². The van der Waals surface area contributed by atoms with Crippen LogP contribution in [0.15, 0.2) is 18.2 Å². The third-order valence-corrected chi connectivity index (χ3v) is 4.56. The number of non-ortho nitro benzene ring substituents is 1. The number of nitrogens with zero attached hydrogens (tertiary/aromatic N) is 2. The molecule has 1 atom stereocenters. The molecule has 0 amide bonds. The molecule has 1 saturated heterocycles. The van der Waals surface area contributed by atoms with E-state index in [1.807, 2.05) is 6.07 Å². The Balaban J connectivity index is 1.72. The van der Waals surface area contributed by atoms with E-state index in [0.29, 0.717) is 6.04 Å². The first-order valence-corrected chi connectivity index (χ1v) is 7.45. The molecule has 0 aromatic heterocycles. The van der Waals surface area contributed by atoms with Crippen molar-refractivity contribution in [2.75, 3.05) is 26.2 Å². The maximum absolute atomic E-state index is 10.9. The van der Waals surface area contributed by atoms with Crippen LogP contribution in [0.3, 0.4) is 0 Å². The number of hydrogen-bond donors (Lipinski definition) is 1. The highest BCUT2D eigenvalue weighted by Crippen LogP contribution is 2.27. The third kappa shape index (κ3) is 2.83. The average molecular weight is 275 g/mol. The molecule has 0 saturated carbocycles. The van der Waals surface area contributed by atoms with Crippen LogP contribution in [0.2, 0.25) is 0 Å². The largest absolute Gasteiger partial charge is 0.314 e. The molecule has 108 valence electrons. The fraction of sp³-hybridized carbons (Fsp3) is 0.600. The summed E-state index contributed by atoms with van der Waals surface area (Å²) in [4.78, 5) is 13.2. The van der Waals surface area contributed by atoms with Gasteiger partial charge in [-0.05, 0) is 36.8 Å². The standard InChI is InChI=1S/C15H21N3O2/c19-18(20)15-6-2-12-1-4-14(5-3-13(12)11-15)17-9-7-16-8-10-17/h2,6,11,14,16H,1,3-5,7-10H2. The van der Waals surface area contributed by atoms with Crippen molar-refractivity contribution in [3.8, 4) is 0 Å². The van der Waals surface area contributed by atoms with E-state index >= 15 is 0 Å². The molecule has 2 aliphatic rings. The number of fused-ring (bicyclic) bond motifs is 1. The van der Waals surface area contributed by atoms with E-state index in [-0.39, 0.29) is 10.6 Å². The summed E-state index contributed by atoms with van der Waals surface area (Å²) < 4.78 is 0. The van der Waals surface area contributed by atoms with Crippen molar-refractivity contribution < 1.29 is 4.92 Å². The predicted molar refractivity (Wildman–Crippen MR) is 78.0 cm³/mol. The smallest absolute Gasteiger partial charge is 0.269 e. The Morgan fingerprint density at radius 1 is 1.15 bits per heavy atom. The normalized spacial score (nSPS) is 23.9. The van der Waals surface area contributed by atoms with Crippen molar-refractivity contribution in [3.05, 3.63) is 39.4 Å². The summed E-state index contributed by atoms with van der Waals surface area (Å²) >= 11 is 0. The maximum Gasteiger partial charge on any atom is 0.269 e. The molecule has 1 fully saturated rings. The van der Waals surface area contributed by atoms with Crippen LogP contribution in [-0.4, -0.2) is 42.0 Å². The fourth-order valence-electron chi connectivity index (χ4n) is 3.40. The minimum absolute atomic E-state index is 0.226. The van der Waals surface area contributed by atoms with Crippen molar-refractivity contribution in [3.63, 3.8) is 0 Å². The van der Waals surface area contributed by atoms with Crippen molar-refractivity contribution in [1.82, 2.24) is 10.2 Å². The van der Waals surface area contributed by atoms with Gasteiger partial charge >= 0.3 is 0 Å². The van der Waals surface area contributed by atoms with Gasteiger partial charge in [-0.1, -0.05) is 6.07 Å². The molecule has 1 aliphatic carbocycles. The van der Waals surface area contributed by atoms with E-state index in [2.05, 4.69) is 10.2 Å². The van der Waals surface area contributed by atoms with Gasteiger partial charge in [-0.25, -0.2) is 0 Å². The summed E-state index contributed by atoms with van der Waals surface area (Å²) in [7, 11) is 0. The number of nitro groups is 1. The lowest BCUT2D eigenvalue weighted by molar-refractivity contribution is -0.384. The molecule has 1 heterocycles. The van der Waals surface area contributed by atoms with Crippen LogP contribution >= 0.6 is 0 Å². The SMILES string of the molecule is O=[N+]([O-])c1ccc2c(c1)CCC(N1CCNCC1)CC2. The summed E-state index contributed by atoms with van der Waals surface area (Å²) in [5.74, 6) is 0. The van der Waals surface area contributed by atoms with Crippen LogP contribution in [0.5, 0.6) is 0 Å². The number of nitrogens with one attached hydrogen (secondary N) is 1. The number of benzene rings is 1. The molecule has 5 nitrogen and oxygen atoms in total. The Kier molecular flexibility index (Phi) is 3.98. The topological polar surface area (TPSA) is 58.4 Å². The van der Waals surface area contributed by atoms with Gasteiger partial charge in [0, 0.05) is 44.4 Å². The van der Waals surface area contributed by atoms with E-state index in [4.69, 9.17) is 0 Å². The van der Waals surface area contributed by atoms with Gasteiger partial charge < -0.3 is 5.32 Å². The van der Waals surface area contributed by atoms with Crippen molar-refractivity contribution in [1.29, 1.82) is 0 Å². The zero-order valence-electron chi connectivity index (χ0n) is 11.7. The molecule has 1 aliphatic heterocycles. The predicted octanol–water partition coefficient (Wildman–Crippen LogP) is 1.75. The Morgan fingerprint density at radius 3 is 2.55 bits per heavy atom. The maximum atomic E-state index is 10.9. The van der Waals surface area contributed by atoms with Gasteiger partial charge in [0.2, 0.25) is 0 Å². The van der Waals surface area contributed by atoms with Gasteiger partial charge in [0.15, 0.2) is 0 Å². The Morgan fingerprint density at radius 2 is 1.85 bits per heavy atom. The van der Waals surface area contributed by atoms with E-state index in [1.165, 1.54) is 17.5 Å². The molecule has 1 unspecified atom stereocenters. The third-order valence-electron chi connectivity index (χ3n) is 4.56. The summed E-state index contributed by atoms with van der Waals surface area (Å²) in [6.07, 6.45) is 4.30. The summed E-state index contributed by atoms with van der Waals surface area (Å²) in [6.45, 7) is 4.41. The van der Waals surface area contributed by atoms with E-state index < -0.39 is 0 Å². The number of hydrogen-bond acceptors (Lipinski definition) is 4. The number of nitro benzene ring substituents is 1. The van der Waals surface area contributed by atoms with Crippen LogP contribution < -0.4 is 5.32 Å². The highest BCUT2D eigenvalue weighted by molar-refractivity contribution is 5.40. The second-order valence-corrected chi connectivity index (χ2v) is 5.73. The molecule has 0 spiro atoms. The van der Waals surface area contributed by atoms with Crippen LogP contribution in [0, 0.1) is 10.1 Å². The monoisotopic (exact) mass is 275 g/mol. The van der Waals surface area contributed by atoms with Gasteiger partial charge in [0.05, 0.1) is 4.92 Å². The Bertz CT molecular complexity index is 498. The van der Waals surface area contributed by atoms with Crippen LogP contribution in [0.25, 0.3) is 0 Å². The molecule has 20 heavy (non-hydrogen) atoms. The zero-order chi connectivity index (χ0) is 13.9. The first-order valence-electron chi connectivity index (χ1n) is 7.45. The summed E-state index contributed by atoms with van der Waals surface area (Å²) in [6, 6.07) is 6.00. The van der Waals surface area contributed by atoms with Crippen molar-refractivity contribution >= 4 is 5.69 Å². The number of rotatable bonds is 2. The zero-order valence-corrected chi connectivity index (χ0v) is 11.7. The fourth-order valence-corrected chi connectivity index (χ4v) is 3.40. The molecular weight excluding hydrogens is 254 g/mol. The van der Waals surface area contributed by atoms with Gasteiger partial charge in [0.25, 0.3) is 5.69 Å². The second-order valence-electron chi connectivity index (χ2n) is 5.73. The number of piperazine rings is 1. The van der Waals surface area contributed by atoms with E-state index in [1.54, 1.807) is 12.1 Å². The van der Waals surface area contributed by atoms with Crippen molar-refractivity contribution in [2.24, 2.45) is 0 Å². The minimum atomic E-state index is -0.293. The molecule has 5 heteroatoms. The summed E-state index contributed by atoms with van der Waals surface area (Å²) in [5.41, 5.74) is 2.70. The van der Waals surface area contributed by atoms with E-state index in [0.717, 1.165) is 45.4 Å². The number of aryl methyl sites for hydroxylation is 2. The lowest BCUT2D eigenvalue weighted by Crippen LogP contribution is -2.48. The van der Waals surface area contributed by atoms with Gasteiger partial charge in [-0.3, -0.25) is 15.0 Å². The molecule has 0 radical (unpaired) electrons. The summed E-state index contributed by atoms with van der Waals surface area (Å²) in [5, 5.41) is 14.3. The lowest BCUT2D eigenvalue weighted by Gasteiger charge is -2.34. The molecule has 0 bridgehead atoms. The quantitative estimate of drug-likeness (QED) is 0.507. The Labute approximate surface area is 119 Å². The molecular formula is C15H21N3O2. The first-order chi connectivity index (χ1) is 9.74. The molecule has 1 N–H and O–H groups in total. The van der Waals surface area contributed by atoms with Crippen LogP contribution in [-0.2, 0) is 12.8 Å². The first kappa shape index (κ1) is 13.5. The van der Waals surface area contributed by atoms with E-state index in [9.17, 15) is 10.1 Å². The lowest BCUT2D eigenvalue weighted by atomic mass is 10.0. The second kappa shape index (κ2) is 5.89. The highest BCUT2D eigenvalue weighted by Gasteiger charge is 2.24. The molecule has 3 rings (SSSR count). The molecule has 1 aromatic rings. The van der Waals surface area contributed by atoms with Gasteiger partial charge in [0.1, 0.15) is 0 Å². The van der Waals surface area contributed by atoms with Crippen LogP contribution in [0.1, 0.15) is 24.0 Å². The Hall–Kier alpha value is -1.46. The van der Waals surface area contributed by atoms with Crippen LogP contribution in [0.4, 0.5) is 5.69 Å². The minimum Gasteiger partial charge on any atom is -0.314 e.